The number of rotatable bonds is 7. The van der Waals surface area contributed by atoms with Crippen LogP contribution in [-0.2, 0) is 9.47 Å². The summed E-state index contributed by atoms with van der Waals surface area (Å²) in [5.41, 5.74) is 0.286. The number of hydrogen-bond acceptors (Lipinski definition) is 2. The first kappa shape index (κ1) is 13.0. The monoisotopic (exact) mass is 214 g/mol. The molecule has 0 unspecified atom stereocenters. The van der Waals surface area contributed by atoms with Crippen molar-refractivity contribution in [3.8, 4) is 0 Å². The van der Waals surface area contributed by atoms with Crippen LogP contribution in [0.2, 0.25) is 0 Å². The van der Waals surface area contributed by atoms with Gasteiger partial charge in [-0.1, -0.05) is 26.2 Å². The Bertz CT molecular complexity index is 145. The van der Waals surface area contributed by atoms with E-state index >= 15 is 0 Å². The lowest BCUT2D eigenvalue weighted by Crippen LogP contribution is -2.38. The lowest BCUT2D eigenvalue weighted by atomic mass is 9.72. The van der Waals surface area contributed by atoms with Crippen LogP contribution >= 0.6 is 0 Å². The van der Waals surface area contributed by atoms with Crippen LogP contribution in [0.5, 0.6) is 0 Å². The van der Waals surface area contributed by atoms with Gasteiger partial charge in [0.15, 0.2) is 0 Å². The van der Waals surface area contributed by atoms with E-state index < -0.39 is 0 Å². The molecule has 0 bridgehead atoms. The minimum atomic E-state index is 0.286. The Kier molecular flexibility index (Phi) is 5.62. The summed E-state index contributed by atoms with van der Waals surface area (Å²) in [6, 6.07) is 0. The molecule has 90 valence electrons. The molecule has 1 rings (SSSR count). The maximum absolute atomic E-state index is 5.44. The average molecular weight is 214 g/mol. The first-order valence-corrected chi connectivity index (χ1v) is 6.27. The molecule has 0 heterocycles. The van der Waals surface area contributed by atoms with Crippen molar-refractivity contribution in [1.82, 2.24) is 0 Å². The lowest BCUT2D eigenvalue weighted by Gasteiger charge is -2.38. The maximum Gasteiger partial charge on any atom is 0.0543 e. The van der Waals surface area contributed by atoms with E-state index in [9.17, 15) is 0 Å². The normalized spacial score (nSPS) is 18.6. The van der Waals surface area contributed by atoms with E-state index in [-0.39, 0.29) is 5.41 Å². The summed E-state index contributed by atoms with van der Waals surface area (Å²) in [5, 5.41) is 0. The van der Waals surface area contributed by atoms with Crippen LogP contribution in [0.3, 0.4) is 0 Å². The van der Waals surface area contributed by atoms with Gasteiger partial charge in [-0.05, 0) is 25.2 Å². The zero-order valence-electron chi connectivity index (χ0n) is 10.6. The summed E-state index contributed by atoms with van der Waals surface area (Å²) < 4.78 is 10.9. The highest BCUT2D eigenvalue weighted by molar-refractivity contribution is 4.89. The molecular weight excluding hydrogens is 188 g/mol. The van der Waals surface area contributed by atoms with Crippen molar-refractivity contribution in [2.24, 2.45) is 11.3 Å². The van der Waals surface area contributed by atoms with Crippen LogP contribution < -0.4 is 0 Å². The molecule has 1 aliphatic carbocycles. The van der Waals surface area contributed by atoms with E-state index in [0.717, 1.165) is 19.1 Å². The van der Waals surface area contributed by atoms with Crippen LogP contribution in [0, 0.1) is 11.3 Å². The van der Waals surface area contributed by atoms with Crippen molar-refractivity contribution in [3.05, 3.63) is 0 Å². The van der Waals surface area contributed by atoms with Crippen LogP contribution in [0.4, 0.5) is 0 Å². The second-order valence-electron chi connectivity index (χ2n) is 4.96. The molecule has 1 fully saturated rings. The molecule has 2 heteroatoms. The van der Waals surface area contributed by atoms with Crippen molar-refractivity contribution in [2.75, 3.05) is 27.4 Å². The van der Waals surface area contributed by atoms with E-state index in [4.69, 9.17) is 9.47 Å². The Labute approximate surface area is 94.3 Å². The van der Waals surface area contributed by atoms with E-state index in [0.29, 0.717) is 0 Å². The molecule has 1 saturated carbocycles. The molecule has 0 aromatic rings. The minimum absolute atomic E-state index is 0.286. The Balaban J connectivity index is 2.68. The molecule has 0 atom stereocenters. The molecule has 0 spiro atoms. The Hall–Kier alpha value is -0.0800. The third-order valence-electron chi connectivity index (χ3n) is 3.83. The SMILES string of the molecule is CCCC(COC)(COC)C1CCCC1. The van der Waals surface area contributed by atoms with E-state index in [2.05, 4.69) is 6.92 Å². The largest absolute Gasteiger partial charge is 0.384 e. The summed E-state index contributed by atoms with van der Waals surface area (Å²) in [4.78, 5) is 0. The summed E-state index contributed by atoms with van der Waals surface area (Å²) in [6.07, 6.45) is 7.98. The fraction of sp³-hybridized carbons (Fsp3) is 1.00. The van der Waals surface area contributed by atoms with Crippen molar-refractivity contribution in [1.29, 1.82) is 0 Å². The second kappa shape index (κ2) is 6.49. The number of ether oxygens (including phenoxy) is 2. The molecule has 2 nitrogen and oxygen atoms in total. The highest BCUT2D eigenvalue weighted by Crippen LogP contribution is 2.43. The Morgan fingerprint density at radius 3 is 2.00 bits per heavy atom. The molecule has 0 N–H and O–H groups in total. The van der Waals surface area contributed by atoms with Crippen molar-refractivity contribution in [3.63, 3.8) is 0 Å². The molecule has 0 radical (unpaired) electrons. The van der Waals surface area contributed by atoms with E-state index in [1.807, 2.05) is 14.2 Å². The van der Waals surface area contributed by atoms with Crippen molar-refractivity contribution in [2.45, 2.75) is 45.4 Å². The van der Waals surface area contributed by atoms with E-state index in [1.54, 1.807) is 0 Å². The van der Waals surface area contributed by atoms with Gasteiger partial charge in [0.2, 0.25) is 0 Å². The summed E-state index contributed by atoms with van der Waals surface area (Å²) >= 11 is 0. The summed E-state index contributed by atoms with van der Waals surface area (Å²) in [6.45, 7) is 3.98. The van der Waals surface area contributed by atoms with Crippen LogP contribution in [0.25, 0.3) is 0 Å². The van der Waals surface area contributed by atoms with Gasteiger partial charge in [0, 0.05) is 19.6 Å². The summed E-state index contributed by atoms with van der Waals surface area (Å²) in [7, 11) is 3.63. The van der Waals surface area contributed by atoms with Crippen LogP contribution in [-0.4, -0.2) is 27.4 Å². The molecule has 15 heavy (non-hydrogen) atoms. The zero-order valence-corrected chi connectivity index (χ0v) is 10.6. The molecule has 0 saturated heterocycles. The first-order valence-electron chi connectivity index (χ1n) is 6.27. The molecule has 0 aromatic carbocycles. The molecule has 0 aromatic heterocycles. The van der Waals surface area contributed by atoms with Gasteiger partial charge in [-0.2, -0.15) is 0 Å². The van der Waals surface area contributed by atoms with Gasteiger partial charge in [-0.3, -0.25) is 0 Å². The molecule has 1 aliphatic rings. The first-order chi connectivity index (χ1) is 7.29. The summed E-state index contributed by atoms with van der Waals surface area (Å²) in [5.74, 6) is 0.817. The quantitative estimate of drug-likeness (QED) is 0.647. The fourth-order valence-electron chi connectivity index (χ4n) is 3.24. The van der Waals surface area contributed by atoms with E-state index in [1.165, 1.54) is 38.5 Å². The highest BCUT2D eigenvalue weighted by atomic mass is 16.5. The van der Waals surface area contributed by atoms with Gasteiger partial charge >= 0.3 is 0 Å². The topological polar surface area (TPSA) is 18.5 Å². The second-order valence-corrected chi connectivity index (χ2v) is 4.96. The number of methoxy groups -OCH3 is 2. The Morgan fingerprint density at radius 1 is 1.07 bits per heavy atom. The lowest BCUT2D eigenvalue weighted by molar-refractivity contribution is -0.0347. The maximum atomic E-state index is 5.44. The van der Waals surface area contributed by atoms with Gasteiger partial charge in [-0.15, -0.1) is 0 Å². The minimum Gasteiger partial charge on any atom is -0.384 e. The molecule has 0 aliphatic heterocycles. The van der Waals surface area contributed by atoms with Crippen molar-refractivity contribution >= 4 is 0 Å². The van der Waals surface area contributed by atoms with Gasteiger partial charge in [0.1, 0.15) is 0 Å². The van der Waals surface area contributed by atoms with Gasteiger partial charge in [0.25, 0.3) is 0 Å². The fourth-order valence-corrected chi connectivity index (χ4v) is 3.24. The predicted molar refractivity (Wildman–Crippen MR) is 63.1 cm³/mol. The van der Waals surface area contributed by atoms with Crippen LogP contribution in [0.1, 0.15) is 45.4 Å². The average Bonchev–Trinajstić information content (AvgIpc) is 2.72. The molecule has 0 amide bonds. The predicted octanol–water partition coefficient (Wildman–Crippen LogP) is 3.26. The van der Waals surface area contributed by atoms with Crippen LogP contribution in [0.15, 0.2) is 0 Å². The Morgan fingerprint density at radius 2 is 1.60 bits per heavy atom. The smallest absolute Gasteiger partial charge is 0.0543 e. The molecular formula is C13H26O2. The van der Waals surface area contributed by atoms with Gasteiger partial charge in [-0.25, -0.2) is 0 Å². The third kappa shape index (κ3) is 3.18. The third-order valence-corrected chi connectivity index (χ3v) is 3.83. The van der Waals surface area contributed by atoms with Gasteiger partial charge < -0.3 is 9.47 Å². The van der Waals surface area contributed by atoms with Crippen molar-refractivity contribution < 1.29 is 9.47 Å². The highest BCUT2D eigenvalue weighted by Gasteiger charge is 2.39. The zero-order chi connectivity index (χ0) is 11.1. The number of hydrogen-bond donors (Lipinski definition) is 0. The standard InChI is InChI=1S/C13H26O2/c1-4-9-13(10-14-2,11-15-3)12-7-5-6-8-12/h12H,4-11H2,1-3H3. The van der Waals surface area contributed by atoms with Gasteiger partial charge in [0.05, 0.1) is 13.2 Å².